The van der Waals surface area contributed by atoms with Crippen molar-refractivity contribution in [2.45, 2.75) is 0 Å². The highest BCUT2D eigenvalue weighted by Gasteiger charge is 2.08. The first-order valence-corrected chi connectivity index (χ1v) is 5.17. The van der Waals surface area contributed by atoms with Crippen molar-refractivity contribution < 1.29 is 0 Å². The lowest BCUT2D eigenvalue weighted by atomic mass is 10.3. The lowest BCUT2D eigenvalue weighted by molar-refractivity contribution is 0.886. The van der Waals surface area contributed by atoms with E-state index in [1.165, 1.54) is 0 Å². The Kier molecular flexibility index (Phi) is 2.78. The van der Waals surface area contributed by atoms with Crippen LogP contribution in [0.3, 0.4) is 0 Å². The van der Waals surface area contributed by atoms with E-state index in [-0.39, 0.29) is 0 Å². The van der Waals surface area contributed by atoms with Crippen LogP contribution in [0.2, 0.25) is 15.1 Å². The second-order valence-electron chi connectivity index (χ2n) is 2.90. The molecule has 78 valence electrons. The minimum atomic E-state index is 0.408. The van der Waals surface area contributed by atoms with Crippen molar-refractivity contribution in [1.82, 2.24) is 9.78 Å². The van der Waals surface area contributed by atoms with Gasteiger partial charge < -0.3 is 5.73 Å². The van der Waals surface area contributed by atoms with Crippen molar-refractivity contribution in [3.63, 3.8) is 0 Å². The van der Waals surface area contributed by atoms with Gasteiger partial charge >= 0.3 is 0 Å². The van der Waals surface area contributed by atoms with Gasteiger partial charge in [-0.05, 0) is 12.1 Å². The second kappa shape index (κ2) is 3.93. The van der Waals surface area contributed by atoms with E-state index in [1.54, 1.807) is 29.1 Å². The zero-order chi connectivity index (χ0) is 11.0. The molecule has 0 saturated carbocycles. The van der Waals surface area contributed by atoms with Crippen LogP contribution in [-0.2, 0) is 0 Å². The third-order valence-electron chi connectivity index (χ3n) is 1.85. The highest BCUT2D eigenvalue weighted by atomic mass is 35.5. The molecule has 0 unspecified atom stereocenters. The number of halogens is 3. The molecule has 6 heteroatoms. The van der Waals surface area contributed by atoms with E-state index in [9.17, 15) is 0 Å². The van der Waals surface area contributed by atoms with Crippen molar-refractivity contribution in [1.29, 1.82) is 0 Å². The third kappa shape index (κ3) is 2.04. The number of hydrogen-bond acceptors (Lipinski definition) is 2. The highest BCUT2D eigenvalue weighted by molar-refractivity contribution is 6.43. The first-order chi connectivity index (χ1) is 7.08. The van der Waals surface area contributed by atoms with Crippen LogP contribution in [0.5, 0.6) is 0 Å². The van der Waals surface area contributed by atoms with Crippen LogP contribution < -0.4 is 5.73 Å². The summed E-state index contributed by atoms with van der Waals surface area (Å²) >= 11 is 17.7. The first-order valence-electron chi connectivity index (χ1n) is 4.04. The molecule has 0 saturated heterocycles. The van der Waals surface area contributed by atoms with Crippen molar-refractivity contribution >= 4 is 40.6 Å². The monoisotopic (exact) mass is 261 g/mol. The maximum absolute atomic E-state index is 6.00. The molecule has 2 rings (SSSR count). The number of rotatable bonds is 1. The van der Waals surface area contributed by atoms with Gasteiger partial charge in [0.05, 0.1) is 20.8 Å². The largest absolute Gasteiger partial charge is 0.382 e. The Labute approximate surface area is 101 Å². The molecular weight excluding hydrogens is 256 g/mol. The van der Waals surface area contributed by atoms with E-state index in [2.05, 4.69) is 5.10 Å². The van der Waals surface area contributed by atoms with Gasteiger partial charge in [-0.25, -0.2) is 4.68 Å². The summed E-state index contributed by atoms with van der Waals surface area (Å²) in [7, 11) is 0. The van der Waals surface area contributed by atoms with Gasteiger partial charge in [-0.15, -0.1) is 0 Å². The Balaban J connectivity index is 2.58. The molecule has 0 aliphatic rings. The van der Waals surface area contributed by atoms with Crippen LogP contribution in [0.25, 0.3) is 5.69 Å². The van der Waals surface area contributed by atoms with Crippen molar-refractivity contribution in [2.24, 2.45) is 0 Å². The van der Waals surface area contributed by atoms with Gasteiger partial charge in [-0.1, -0.05) is 34.8 Å². The maximum atomic E-state index is 6.00. The van der Waals surface area contributed by atoms with Gasteiger partial charge in [0.15, 0.2) is 0 Å². The quantitative estimate of drug-likeness (QED) is 0.800. The molecule has 1 aromatic carbocycles. The van der Waals surface area contributed by atoms with E-state index in [1.807, 2.05) is 0 Å². The van der Waals surface area contributed by atoms with Crippen molar-refractivity contribution in [3.8, 4) is 5.69 Å². The predicted molar refractivity (Wildman–Crippen MR) is 63.0 cm³/mol. The number of benzene rings is 1. The molecule has 3 nitrogen and oxygen atoms in total. The number of aromatic nitrogens is 2. The van der Waals surface area contributed by atoms with Gasteiger partial charge in [0.2, 0.25) is 0 Å². The SMILES string of the molecule is Nc1ccn(-c2cc(Cl)c(Cl)cc2Cl)n1. The lowest BCUT2D eigenvalue weighted by Gasteiger charge is -2.05. The van der Waals surface area contributed by atoms with Crippen molar-refractivity contribution in [3.05, 3.63) is 39.5 Å². The van der Waals surface area contributed by atoms with E-state index < -0.39 is 0 Å². The molecule has 0 aliphatic heterocycles. The molecule has 0 spiro atoms. The summed E-state index contributed by atoms with van der Waals surface area (Å²) in [5.41, 5.74) is 6.14. The van der Waals surface area contributed by atoms with E-state index in [0.29, 0.717) is 26.6 Å². The molecule has 0 amide bonds. The molecule has 1 heterocycles. The predicted octanol–water partition coefficient (Wildman–Crippen LogP) is 3.41. The lowest BCUT2D eigenvalue weighted by Crippen LogP contribution is -1.97. The fourth-order valence-corrected chi connectivity index (χ4v) is 1.79. The van der Waals surface area contributed by atoms with Crippen LogP contribution >= 0.6 is 34.8 Å². The fraction of sp³-hybridized carbons (Fsp3) is 0. The summed E-state index contributed by atoms with van der Waals surface area (Å²) < 4.78 is 1.54. The molecule has 0 radical (unpaired) electrons. The molecule has 0 bridgehead atoms. The van der Waals surface area contributed by atoms with Gasteiger partial charge in [-0.2, -0.15) is 5.10 Å². The van der Waals surface area contributed by atoms with E-state index in [0.717, 1.165) is 0 Å². The molecule has 2 N–H and O–H groups in total. The molecule has 0 aliphatic carbocycles. The standard InChI is InChI=1S/C9H6Cl3N3/c10-5-3-7(12)8(4-6(5)11)15-2-1-9(13)14-15/h1-4H,(H2,13,14). The summed E-state index contributed by atoms with van der Waals surface area (Å²) in [4.78, 5) is 0. The Morgan fingerprint density at radius 3 is 2.33 bits per heavy atom. The molecule has 15 heavy (non-hydrogen) atoms. The summed E-state index contributed by atoms with van der Waals surface area (Å²) in [5, 5.41) is 5.32. The molecule has 0 fully saturated rings. The van der Waals surface area contributed by atoms with Gasteiger partial charge in [-0.3, -0.25) is 0 Å². The Morgan fingerprint density at radius 2 is 1.73 bits per heavy atom. The Bertz CT molecular complexity index is 507. The van der Waals surface area contributed by atoms with Crippen LogP contribution in [0, 0.1) is 0 Å². The topological polar surface area (TPSA) is 43.8 Å². The number of nitrogens with two attached hydrogens (primary N) is 1. The summed E-state index contributed by atoms with van der Waals surface area (Å²) in [6.45, 7) is 0. The normalized spacial score (nSPS) is 10.6. The molecule has 0 atom stereocenters. The zero-order valence-corrected chi connectivity index (χ0v) is 9.68. The van der Waals surface area contributed by atoms with E-state index in [4.69, 9.17) is 40.5 Å². The Morgan fingerprint density at radius 1 is 1.07 bits per heavy atom. The summed E-state index contributed by atoms with van der Waals surface area (Å²) in [6.07, 6.45) is 1.70. The van der Waals surface area contributed by atoms with Gasteiger partial charge in [0.1, 0.15) is 5.82 Å². The van der Waals surface area contributed by atoms with E-state index >= 15 is 0 Å². The average molecular weight is 263 g/mol. The number of nitrogens with zero attached hydrogens (tertiary/aromatic N) is 2. The number of hydrogen-bond donors (Lipinski definition) is 1. The maximum Gasteiger partial charge on any atom is 0.145 e. The Hall–Kier alpha value is -0.900. The minimum Gasteiger partial charge on any atom is -0.382 e. The van der Waals surface area contributed by atoms with Crippen LogP contribution in [0.4, 0.5) is 5.82 Å². The molecular formula is C9H6Cl3N3. The van der Waals surface area contributed by atoms with Gasteiger partial charge in [0, 0.05) is 12.3 Å². The fourth-order valence-electron chi connectivity index (χ4n) is 1.16. The average Bonchev–Trinajstić information content (AvgIpc) is 2.58. The summed E-state index contributed by atoms with van der Waals surface area (Å²) in [5.74, 6) is 0.414. The highest BCUT2D eigenvalue weighted by Crippen LogP contribution is 2.30. The van der Waals surface area contributed by atoms with Crippen LogP contribution in [0.15, 0.2) is 24.4 Å². The van der Waals surface area contributed by atoms with Crippen LogP contribution in [-0.4, -0.2) is 9.78 Å². The summed E-state index contributed by atoms with van der Waals surface area (Å²) in [6, 6.07) is 4.87. The number of anilines is 1. The zero-order valence-electron chi connectivity index (χ0n) is 7.42. The smallest absolute Gasteiger partial charge is 0.145 e. The van der Waals surface area contributed by atoms with Crippen LogP contribution in [0.1, 0.15) is 0 Å². The minimum absolute atomic E-state index is 0.408. The van der Waals surface area contributed by atoms with Crippen molar-refractivity contribution in [2.75, 3.05) is 5.73 Å². The van der Waals surface area contributed by atoms with Gasteiger partial charge in [0.25, 0.3) is 0 Å². The molecule has 1 aromatic heterocycles. The first kappa shape index (κ1) is 10.6. The second-order valence-corrected chi connectivity index (χ2v) is 4.12. The number of nitrogen functional groups attached to an aromatic ring is 1. The molecule has 2 aromatic rings. The third-order valence-corrected chi connectivity index (χ3v) is 2.87.